The second-order valence-electron chi connectivity index (χ2n) is 12.3. The first kappa shape index (κ1) is 33.1. The molecule has 8 N–H and O–H groups in total. The highest BCUT2D eigenvalue weighted by Gasteiger charge is 2.49. The number of amides is 1. The van der Waals surface area contributed by atoms with Crippen LogP contribution in [-0.2, 0) is 15.9 Å². The topological polar surface area (TPSA) is 230 Å². The minimum absolute atomic E-state index is 0.00646. The molecule has 252 valence electrons. The zero-order valence-corrected chi connectivity index (χ0v) is 26.3. The van der Waals surface area contributed by atoms with Crippen molar-refractivity contribution >= 4 is 23.2 Å². The third-order valence-electron chi connectivity index (χ3n) is 9.27. The number of aliphatic hydroxyl groups is 2. The van der Waals surface area contributed by atoms with Gasteiger partial charge in [-0.2, -0.15) is 5.10 Å². The Balaban J connectivity index is 1.44. The number of phenolic OH excluding ortho intramolecular Hbond substituents is 3. The van der Waals surface area contributed by atoms with Crippen LogP contribution in [0.25, 0.3) is 0 Å². The van der Waals surface area contributed by atoms with E-state index in [1.54, 1.807) is 6.92 Å². The number of phenols is 3. The van der Waals surface area contributed by atoms with Gasteiger partial charge >= 0.3 is 0 Å². The normalized spacial score (nSPS) is 26.7. The molecule has 6 rings (SSSR count). The smallest absolute Gasteiger partial charge is 0.271 e. The fraction of sp³-hybridized carbons (Fsp3) is 0.353. The molecular weight excluding hydrogens is 626 g/mol. The molecule has 14 nitrogen and oxygen atoms in total. The largest absolute Gasteiger partial charge is 0.508 e. The summed E-state index contributed by atoms with van der Waals surface area (Å²) in [5, 5.41) is 59.5. The highest BCUT2D eigenvalue weighted by atomic mass is 16.7. The third-order valence-corrected chi connectivity index (χ3v) is 9.27. The number of aliphatic hydroxyl groups excluding tert-OH is 1. The zero-order valence-electron chi connectivity index (χ0n) is 26.3. The molecule has 3 aromatic carbocycles. The molecule has 1 fully saturated rings. The quantitative estimate of drug-likeness (QED) is 0.0893. The first-order valence-electron chi connectivity index (χ1n) is 15.2. The molecule has 0 bridgehead atoms. The van der Waals surface area contributed by atoms with Crippen LogP contribution in [0.4, 0.5) is 0 Å². The van der Waals surface area contributed by atoms with E-state index in [1.807, 2.05) is 0 Å². The van der Waals surface area contributed by atoms with Crippen molar-refractivity contribution in [2.75, 3.05) is 7.11 Å². The Morgan fingerprint density at radius 3 is 2.40 bits per heavy atom. The number of hydrogen-bond acceptors (Lipinski definition) is 13. The number of nitrogens with two attached hydrogens (primary N) is 1. The molecule has 0 aromatic heterocycles. The number of nitrogens with one attached hydrogen (secondary N) is 1. The molecule has 1 amide bonds. The summed E-state index contributed by atoms with van der Waals surface area (Å²) in [6.07, 6.45) is -4.68. The lowest BCUT2D eigenvalue weighted by atomic mass is 9.71. The number of rotatable bonds is 6. The van der Waals surface area contributed by atoms with Crippen molar-refractivity contribution in [3.63, 3.8) is 0 Å². The lowest BCUT2D eigenvalue weighted by Crippen LogP contribution is -2.52. The number of hydrogen-bond donors (Lipinski definition) is 7. The Morgan fingerprint density at radius 1 is 1.04 bits per heavy atom. The van der Waals surface area contributed by atoms with Crippen LogP contribution in [0.2, 0.25) is 0 Å². The summed E-state index contributed by atoms with van der Waals surface area (Å²) in [6.45, 7) is 3.05. The van der Waals surface area contributed by atoms with Gasteiger partial charge in [0.05, 0.1) is 47.8 Å². The lowest BCUT2D eigenvalue weighted by Gasteiger charge is -2.42. The molecule has 1 saturated heterocycles. The average molecular weight is 662 g/mol. The molecule has 3 aliphatic rings. The number of ketones is 2. The van der Waals surface area contributed by atoms with Gasteiger partial charge in [0.1, 0.15) is 28.6 Å². The summed E-state index contributed by atoms with van der Waals surface area (Å²) in [4.78, 5) is 40.4. The zero-order chi connectivity index (χ0) is 34.7. The molecule has 0 saturated carbocycles. The Kier molecular flexibility index (Phi) is 8.47. The summed E-state index contributed by atoms with van der Waals surface area (Å²) < 4.78 is 17.4. The van der Waals surface area contributed by atoms with Crippen LogP contribution >= 0.6 is 0 Å². The van der Waals surface area contributed by atoms with E-state index in [1.165, 1.54) is 56.5 Å². The minimum Gasteiger partial charge on any atom is -0.508 e. The molecule has 0 spiro atoms. The van der Waals surface area contributed by atoms with E-state index in [9.17, 15) is 39.9 Å². The highest BCUT2D eigenvalue weighted by molar-refractivity contribution is 6.31. The van der Waals surface area contributed by atoms with E-state index in [-0.39, 0.29) is 57.9 Å². The van der Waals surface area contributed by atoms with E-state index < -0.39 is 82.8 Å². The third kappa shape index (κ3) is 5.46. The van der Waals surface area contributed by atoms with Crippen LogP contribution in [0.15, 0.2) is 47.6 Å². The number of aromatic hydroxyl groups is 3. The van der Waals surface area contributed by atoms with Crippen LogP contribution in [0, 0.1) is 0 Å². The predicted octanol–water partition coefficient (Wildman–Crippen LogP) is 1.95. The Bertz CT molecular complexity index is 1850. The van der Waals surface area contributed by atoms with E-state index in [0.29, 0.717) is 0 Å². The summed E-state index contributed by atoms with van der Waals surface area (Å²) in [5.41, 5.74) is 5.61. The van der Waals surface area contributed by atoms with Crippen LogP contribution in [0.3, 0.4) is 0 Å². The molecule has 1 heterocycles. The van der Waals surface area contributed by atoms with Gasteiger partial charge in [-0.05, 0) is 44.2 Å². The van der Waals surface area contributed by atoms with Crippen molar-refractivity contribution in [2.45, 2.75) is 69.4 Å². The molecule has 6 atom stereocenters. The number of fused-ring (bicyclic) bond motifs is 3. The molecular formula is C34H35N3O11. The first-order valence-corrected chi connectivity index (χ1v) is 15.2. The van der Waals surface area contributed by atoms with Gasteiger partial charge in [-0.3, -0.25) is 14.4 Å². The van der Waals surface area contributed by atoms with Gasteiger partial charge in [0.25, 0.3) is 5.91 Å². The maximum Gasteiger partial charge on any atom is 0.271 e. The number of carbonyl (C=O) groups is 3. The van der Waals surface area contributed by atoms with Gasteiger partial charge in [-0.1, -0.05) is 12.1 Å². The van der Waals surface area contributed by atoms with Gasteiger partial charge < -0.3 is 45.5 Å². The molecule has 48 heavy (non-hydrogen) atoms. The van der Waals surface area contributed by atoms with Crippen molar-refractivity contribution in [2.24, 2.45) is 10.8 Å². The summed E-state index contributed by atoms with van der Waals surface area (Å²) in [7, 11) is 1.33. The maximum atomic E-state index is 13.9. The SMILES string of the molecule is COc1cccc2c1C(=O)c1c(O)c3c(c(O)c1C2=O)C[C@@](O)(C(C)=NNC(=O)c1ccc(O)cc1)C[C@@H]3OC1CC(N)C(O)C(C)O1. The van der Waals surface area contributed by atoms with Crippen molar-refractivity contribution in [1.29, 1.82) is 0 Å². The van der Waals surface area contributed by atoms with Crippen LogP contribution in [-0.4, -0.2) is 86.0 Å². The van der Waals surface area contributed by atoms with E-state index in [4.69, 9.17) is 19.9 Å². The molecule has 3 aromatic rings. The summed E-state index contributed by atoms with van der Waals surface area (Å²) >= 11 is 0. The Hall–Kier alpha value is -4.86. The van der Waals surface area contributed by atoms with Crippen molar-refractivity contribution in [1.82, 2.24) is 5.43 Å². The fourth-order valence-corrected chi connectivity index (χ4v) is 6.58. The maximum absolute atomic E-state index is 13.9. The van der Waals surface area contributed by atoms with Crippen LogP contribution in [0.5, 0.6) is 23.0 Å². The van der Waals surface area contributed by atoms with Gasteiger partial charge in [0, 0.05) is 47.6 Å². The second kappa shape index (κ2) is 12.3. The molecule has 14 heteroatoms. The van der Waals surface area contributed by atoms with E-state index in [2.05, 4.69) is 10.5 Å². The number of methoxy groups -OCH3 is 1. The van der Waals surface area contributed by atoms with Gasteiger partial charge in [-0.25, -0.2) is 5.43 Å². The van der Waals surface area contributed by atoms with Crippen LogP contribution < -0.4 is 15.9 Å². The molecule has 4 unspecified atom stereocenters. The standard InChI is InChI=1S/C34H35N3O11/c1-14-28(39)20(35)11-23(47-14)48-22-13-34(45,15(2)36-37-33(44)16-7-9-17(38)10-8-16)12-19-25(22)32(43)27-26(30(19)41)29(40)18-5-4-6-21(46-3)24(18)31(27)42/h4-10,14,20,22-23,28,38-39,41,43,45H,11-13,35H2,1-3H3,(H,37,44)/t14?,20?,22-,23?,28?,34-/m0/s1. The number of hydrazone groups is 1. The molecule has 0 radical (unpaired) electrons. The number of benzene rings is 3. The predicted molar refractivity (Wildman–Crippen MR) is 168 cm³/mol. The molecule has 1 aliphatic heterocycles. The van der Waals surface area contributed by atoms with Crippen LogP contribution in [0.1, 0.15) is 86.1 Å². The van der Waals surface area contributed by atoms with Gasteiger partial charge in [0.2, 0.25) is 5.78 Å². The average Bonchev–Trinajstić information content (AvgIpc) is 3.06. The monoisotopic (exact) mass is 661 g/mol. The van der Waals surface area contributed by atoms with Crippen molar-refractivity contribution in [3.05, 3.63) is 81.4 Å². The number of carbonyl (C=O) groups excluding carboxylic acids is 3. The fourth-order valence-electron chi connectivity index (χ4n) is 6.58. The lowest BCUT2D eigenvalue weighted by molar-refractivity contribution is -0.245. The number of ether oxygens (including phenoxy) is 3. The second-order valence-corrected chi connectivity index (χ2v) is 12.3. The minimum atomic E-state index is -1.93. The van der Waals surface area contributed by atoms with Crippen molar-refractivity contribution < 1.29 is 54.1 Å². The number of nitrogens with zero attached hydrogens (tertiary/aromatic N) is 1. The highest BCUT2D eigenvalue weighted by Crippen LogP contribution is 2.52. The molecule has 2 aliphatic carbocycles. The summed E-state index contributed by atoms with van der Waals surface area (Å²) in [5.74, 6) is -3.32. The Labute approximate surface area is 274 Å². The van der Waals surface area contributed by atoms with Crippen molar-refractivity contribution in [3.8, 4) is 23.0 Å². The van der Waals surface area contributed by atoms with E-state index in [0.717, 1.165) is 0 Å². The first-order chi connectivity index (χ1) is 22.7. The Morgan fingerprint density at radius 2 is 1.73 bits per heavy atom. The van der Waals surface area contributed by atoms with Gasteiger partial charge in [0.15, 0.2) is 12.1 Å². The van der Waals surface area contributed by atoms with E-state index >= 15 is 0 Å². The van der Waals surface area contributed by atoms with Gasteiger partial charge in [-0.15, -0.1) is 0 Å². The summed E-state index contributed by atoms with van der Waals surface area (Å²) in [6, 6.07) is 9.12.